The van der Waals surface area contributed by atoms with E-state index in [2.05, 4.69) is 33.4 Å². The molecule has 2 heterocycles. The van der Waals surface area contributed by atoms with Gasteiger partial charge < -0.3 is 18.1 Å². The van der Waals surface area contributed by atoms with Gasteiger partial charge in [-0.1, -0.05) is 0 Å². The Morgan fingerprint density at radius 2 is 0.882 bits per heavy atom. The summed E-state index contributed by atoms with van der Waals surface area (Å²) in [4.78, 5) is 0. The fourth-order valence-corrected chi connectivity index (χ4v) is 6.91. The third-order valence-electron chi connectivity index (χ3n) is 5.12. The van der Waals surface area contributed by atoms with Crippen LogP contribution in [0.25, 0.3) is 11.1 Å². The lowest BCUT2D eigenvalue weighted by molar-refractivity contribution is -0.697. The summed E-state index contributed by atoms with van der Waals surface area (Å²) in [5, 5.41) is 0. The Morgan fingerprint density at radius 3 is 1.15 bits per heavy atom. The summed E-state index contributed by atoms with van der Waals surface area (Å²) in [6.45, 7) is 10.3. The Morgan fingerprint density at radius 1 is 0.588 bits per heavy atom. The summed E-state index contributed by atoms with van der Waals surface area (Å²) < 4.78 is 50.7. The highest BCUT2D eigenvalue weighted by atomic mass is 31.2. The molecule has 34 heavy (non-hydrogen) atoms. The highest BCUT2D eigenvalue weighted by Gasteiger charge is 2.24. The second-order valence-electron chi connectivity index (χ2n) is 7.70. The maximum absolute atomic E-state index is 12.6. The second-order valence-corrected chi connectivity index (χ2v) is 12.1. The molecular weight excluding hydrogens is 474 g/mol. The van der Waals surface area contributed by atoms with Crippen LogP contribution in [0.2, 0.25) is 0 Å². The lowest BCUT2D eigenvalue weighted by Crippen LogP contribution is -2.33. The zero-order valence-electron chi connectivity index (χ0n) is 20.9. The summed E-state index contributed by atoms with van der Waals surface area (Å²) in [5.41, 5.74) is 2.24. The molecule has 190 valence electrons. The number of pyridine rings is 2. The van der Waals surface area contributed by atoms with Gasteiger partial charge in [0.2, 0.25) is 0 Å². The Labute approximate surface area is 204 Å². The van der Waals surface area contributed by atoms with Crippen molar-refractivity contribution < 1.29 is 36.4 Å². The smallest absolute Gasteiger partial charge is 0.309 e. The highest BCUT2D eigenvalue weighted by molar-refractivity contribution is 7.54. The van der Waals surface area contributed by atoms with Crippen molar-refractivity contribution in [2.24, 2.45) is 0 Å². The first-order valence-electron chi connectivity index (χ1n) is 12.1. The maximum Gasteiger partial charge on any atom is 0.330 e. The standard InChI is InChI=1S/C24H40N2O6P2/c1-5-29-33(27,30-6-2)21-9-15-25-17-11-23(12-18-25)24-13-19-26(20-14-24)16-10-22-34(28,31-7-3)32-8-4/h11-14,17-20H,5-10,15-16,21-22H2,1-4H3/q+2. The number of nitrogens with zero attached hydrogens (tertiary/aromatic N) is 2. The van der Waals surface area contributed by atoms with Crippen molar-refractivity contribution in [3.63, 3.8) is 0 Å². The first-order valence-corrected chi connectivity index (χ1v) is 15.6. The third-order valence-corrected chi connectivity index (χ3v) is 9.45. The van der Waals surface area contributed by atoms with Crippen molar-refractivity contribution in [3.05, 3.63) is 49.1 Å². The molecule has 0 amide bonds. The molecule has 8 nitrogen and oxygen atoms in total. The van der Waals surface area contributed by atoms with Gasteiger partial charge in [-0.05, 0) is 38.8 Å². The van der Waals surface area contributed by atoms with Crippen molar-refractivity contribution >= 4 is 15.2 Å². The quantitative estimate of drug-likeness (QED) is 0.212. The van der Waals surface area contributed by atoms with Gasteiger partial charge in [0.1, 0.15) is 13.1 Å². The van der Waals surface area contributed by atoms with Crippen LogP contribution in [0.5, 0.6) is 0 Å². The Hall–Kier alpha value is -1.40. The molecule has 0 radical (unpaired) electrons. The van der Waals surface area contributed by atoms with Crippen molar-refractivity contribution in [2.75, 3.05) is 38.8 Å². The van der Waals surface area contributed by atoms with E-state index < -0.39 is 15.2 Å². The minimum atomic E-state index is -2.99. The number of hydrogen-bond acceptors (Lipinski definition) is 6. The average molecular weight is 515 g/mol. The van der Waals surface area contributed by atoms with Crippen molar-refractivity contribution in [1.29, 1.82) is 0 Å². The molecule has 0 N–H and O–H groups in total. The van der Waals surface area contributed by atoms with Gasteiger partial charge in [-0.2, -0.15) is 0 Å². The van der Waals surface area contributed by atoms with Gasteiger partial charge >= 0.3 is 15.2 Å². The summed E-state index contributed by atoms with van der Waals surface area (Å²) in [5.74, 6) is 0. The lowest BCUT2D eigenvalue weighted by atomic mass is 10.1. The molecule has 0 saturated carbocycles. The van der Waals surface area contributed by atoms with Crippen LogP contribution in [-0.2, 0) is 40.3 Å². The molecular formula is C24H40N2O6P2+2. The molecule has 0 aliphatic rings. The third kappa shape index (κ3) is 9.69. The van der Waals surface area contributed by atoms with E-state index in [1.165, 1.54) is 0 Å². The van der Waals surface area contributed by atoms with E-state index in [9.17, 15) is 9.13 Å². The fraction of sp³-hybridized carbons (Fsp3) is 0.583. The Balaban J connectivity index is 1.86. The molecule has 0 aliphatic heterocycles. The fourth-order valence-electron chi connectivity index (χ4n) is 3.61. The molecule has 2 aromatic heterocycles. The monoisotopic (exact) mass is 514 g/mol. The zero-order chi connectivity index (χ0) is 24.9. The Kier molecular flexibility index (Phi) is 12.6. The van der Waals surface area contributed by atoms with Crippen LogP contribution in [0.4, 0.5) is 0 Å². The topological polar surface area (TPSA) is 78.8 Å². The number of rotatable bonds is 17. The van der Waals surface area contributed by atoms with Crippen LogP contribution >= 0.6 is 15.2 Å². The Bertz CT molecular complexity index is 840. The van der Waals surface area contributed by atoms with E-state index in [-0.39, 0.29) is 0 Å². The van der Waals surface area contributed by atoms with Gasteiger partial charge in [-0.25, -0.2) is 9.13 Å². The molecule has 2 aromatic rings. The van der Waals surface area contributed by atoms with Crippen LogP contribution in [0.15, 0.2) is 49.1 Å². The van der Waals surface area contributed by atoms with E-state index in [0.717, 1.165) is 24.2 Å². The van der Waals surface area contributed by atoms with Crippen molar-refractivity contribution in [2.45, 2.75) is 53.6 Å². The average Bonchev–Trinajstić information content (AvgIpc) is 2.81. The van der Waals surface area contributed by atoms with E-state index in [0.29, 0.717) is 51.6 Å². The van der Waals surface area contributed by atoms with Gasteiger partial charge in [-0.3, -0.25) is 9.13 Å². The molecule has 0 bridgehead atoms. The van der Waals surface area contributed by atoms with Crippen LogP contribution < -0.4 is 9.13 Å². The van der Waals surface area contributed by atoms with E-state index in [1.54, 1.807) is 0 Å². The van der Waals surface area contributed by atoms with Gasteiger partial charge in [0.05, 0.1) is 38.8 Å². The predicted octanol–water partition coefficient (Wildman–Crippen LogP) is 5.24. The van der Waals surface area contributed by atoms with E-state index in [1.807, 2.05) is 52.5 Å². The van der Waals surface area contributed by atoms with Gasteiger partial charge in [0.25, 0.3) is 0 Å². The molecule has 0 spiro atoms. The number of aryl methyl sites for hydroxylation is 2. The molecule has 0 unspecified atom stereocenters. The van der Waals surface area contributed by atoms with E-state index >= 15 is 0 Å². The van der Waals surface area contributed by atoms with Crippen LogP contribution in [0, 0.1) is 0 Å². The number of hydrogen-bond donors (Lipinski definition) is 0. The summed E-state index contributed by atoms with van der Waals surface area (Å²) >= 11 is 0. The predicted molar refractivity (Wildman–Crippen MR) is 133 cm³/mol. The molecule has 0 saturated heterocycles. The molecule has 10 heteroatoms. The van der Waals surface area contributed by atoms with Crippen LogP contribution in [0.3, 0.4) is 0 Å². The largest absolute Gasteiger partial charge is 0.330 e. The van der Waals surface area contributed by atoms with Gasteiger partial charge in [0, 0.05) is 37.1 Å². The zero-order valence-corrected chi connectivity index (χ0v) is 22.7. The first-order chi connectivity index (χ1) is 16.4. The van der Waals surface area contributed by atoms with Gasteiger partial charge in [-0.15, -0.1) is 0 Å². The highest BCUT2D eigenvalue weighted by Crippen LogP contribution is 2.49. The molecule has 0 fully saturated rings. The summed E-state index contributed by atoms with van der Waals surface area (Å²) in [6, 6.07) is 8.30. The minimum absolute atomic E-state index is 0.386. The first kappa shape index (κ1) is 28.8. The van der Waals surface area contributed by atoms with Gasteiger partial charge in [0.15, 0.2) is 24.8 Å². The number of aromatic nitrogens is 2. The maximum atomic E-state index is 12.6. The second kappa shape index (κ2) is 14.9. The molecule has 0 aliphatic carbocycles. The minimum Gasteiger partial charge on any atom is -0.309 e. The SMILES string of the molecule is CCOP(=O)(CCC[n+]1ccc(-c2cc[n+](CCCP(=O)(OCC)OCC)cc2)cc1)OCC. The normalized spacial score (nSPS) is 12.2. The van der Waals surface area contributed by atoms with E-state index in [4.69, 9.17) is 18.1 Å². The van der Waals surface area contributed by atoms with Crippen LogP contribution in [-0.4, -0.2) is 38.8 Å². The van der Waals surface area contributed by atoms with Crippen LogP contribution in [0.1, 0.15) is 40.5 Å². The van der Waals surface area contributed by atoms with Crippen molar-refractivity contribution in [1.82, 2.24) is 0 Å². The van der Waals surface area contributed by atoms with Crippen molar-refractivity contribution in [3.8, 4) is 11.1 Å². The molecule has 0 atom stereocenters. The summed E-state index contributed by atoms with van der Waals surface area (Å²) in [6.07, 6.45) is 10.4. The summed E-state index contributed by atoms with van der Waals surface area (Å²) in [7, 11) is -5.98. The molecule has 2 rings (SSSR count). The lowest BCUT2D eigenvalue weighted by Gasteiger charge is -2.16. The molecule has 0 aromatic carbocycles.